The van der Waals surface area contributed by atoms with Gasteiger partial charge in [-0.25, -0.2) is 4.98 Å². The van der Waals surface area contributed by atoms with Crippen LogP contribution in [0.3, 0.4) is 0 Å². The fourth-order valence-electron chi connectivity index (χ4n) is 2.81. The van der Waals surface area contributed by atoms with Crippen molar-refractivity contribution in [1.29, 1.82) is 0 Å². The van der Waals surface area contributed by atoms with Gasteiger partial charge in [-0.2, -0.15) is 4.98 Å². The Morgan fingerprint density at radius 3 is 2.78 bits per heavy atom. The van der Waals surface area contributed by atoms with Crippen LogP contribution in [-0.2, 0) is 13.0 Å². The fourth-order valence-corrected chi connectivity index (χ4v) is 2.81. The molecule has 0 saturated carbocycles. The second kappa shape index (κ2) is 6.04. The average Bonchev–Trinajstić information content (AvgIpc) is 3.05. The van der Waals surface area contributed by atoms with Crippen molar-refractivity contribution in [2.24, 2.45) is 0 Å². The SMILES string of the molecule is c1ccc(CNc2ccnc(N3CCc4ccccc43)n2)nc1. The van der Waals surface area contributed by atoms with Crippen LogP contribution in [-0.4, -0.2) is 21.5 Å². The molecule has 3 heterocycles. The molecule has 0 fully saturated rings. The number of hydrogen-bond acceptors (Lipinski definition) is 5. The minimum absolute atomic E-state index is 0.647. The summed E-state index contributed by atoms with van der Waals surface area (Å²) < 4.78 is 0. The first-order chi connectivity index (χ1) is 11.4. The van der Waals surface area contributed by atoms with Crippen molar-refractivity contribution >= 4 is 17.5 Å². The van der Waals surface area contributed by atoms with Gasteiger partial charge in [0.05, 0.1) is 12.2 Å². The van der Waals surface area contributed by atoms with Crippen LogP contribution in [0.1, 0.15) is 11.3 Å². The summed E-state index contributed by atoms with van der Waals surface area (Å²) in [7, 11) is 0. The molecule has 114 valence electrons. The Kier molecular flexibility index (Phi) is 3.60. The first-order valence-corrected chi connectivity index (χ1v) is 7.72. The minimum atomic E-state index is 0.647. The summed E-state index contributed by atoms with van der Waals surface area (Å²) in [4.78, 5) is 15.6. The summed E-state index contributed by atoms with van der Waals surface area (Å²) in [6.45, 7) is 1.57. The highest BCUT2D eigenvalue weighted by atomic mass is 15.3. The second-order valence-corrected chi connectivity index (χ2v) is 5.45. The summed E-state index contributed by atoms with van der Waals surface area (Å²) in [6, 6.07) is 16.2. The molecule has 1 aliphatic heterocycles. The van der Waals surface area contributed by atoms with Crippen molar-refractivity contribution in [3.05, 3.63) is 72.2 Å². The lowest BCUT2D eigenvalue weighted by Crippen LogP contribution is -2.17. The van der Waals surface area contributed by atoms with Crippen LogP contribution in [0, 0.1) is 0 Å². The predicted molar refractivity (Wildman–Crippen MR) is 90.7 cm³/mol. The number of fused-ring (bicyclic) bond motifs is 1. The van der Waals surface area contributed by atoms with Crippen molar-refractivity contribution in [1.82, 2.24) is 15.0 Å². The van der Waals surface area contributed by atoms with Crippen LogP contribution in [0.4, 0.5) is 17.5 Å². The normalized spacial score (nSPS) is 13.0. The molecule has 0 atom stereocenters. The molecule has 1 aromatic carbocycles. The first-order valence-electron chi connectivity index (χ1n) is 7.72. The lowest BCUT2D eigenvalue weighted by molar-refractivity contribution is 0.934. The number of para-hydroxylation sites is 1. The van der Waals surface area contributed by atoms with E-state index in [2.05, 4.69) is 49.4 Å². The van der Waals surface area contributed by atoms with E-state index in [9.17, 15) is 0 Å². The third-order valence-electron chi connectivity index (χ3n) is 3.95. The van der Waals surface area contributed by atoms with Crippen molar-refractivity contribution < 1.29 is 0 Å². The molecular formula is C18H17N5. The fraction of sp³-hybridized carbons (Fsp3) is 0.167. The highest BCUT2D eigenvalue weighted by molar-refractivity contribution is 5.66. The van der Waals surface area contributed by atoms with Crippen LogP contribution in [0.15, 0.2) is 60.9 Å². The van der Waals surface area contributed by atoms with E-state index in [4.69, 9.17) is 0 Å². The topological polar surface area (TPSA) is 53.9 Å². The highest BCUT2D eigenvalue weighted by Gasteiger charge is 2.21. The van der Waals surface area contributed by atoms with Gasteiger partial charge in [-0.05, 0) is 36.2 Å². The van der Waals surface area contributed by atoms with Gasteiger partial charge in [-0.3, -0.25) is 4.98 Å². The molecule has 23 heavy (non-hydrogen) atoms. The van der Waals surface area contributed by atoms with E-state index in [1.54, 1.807) is 12.4 Å². The van der Waals surface area contributed by atoms with Crippen LogP contribution in [0.5, 0.6) is 0 Å². The third kappa shape index (κ3) is 2.85. The Morgan fingerprint density at radius 2 is 1.87 bits per heavy atom. The molecule has 0 unspecified atom stereocenters. The zero-order chi connectivity index (χ0) is 15.5. The largest absolute Gasteiger partial charge is 0.364 e. The maximum atomic E-state index is 4.64. The number of nitrogens with zero attached hydrogens (tertiary/aromatic N) is 4. The number of pyridine rings is 1. The van der Waals surface area contributed by atoms with Crippen LogP contribution in [0.2, 0.25) is 0 Å². The van der Waals surface area contributed by atoms with Crippen LogP contribution >= 0.6 is 0 Å². The molecular weight excluding hydrogens is 286 g/mol. The second-order valence-electron chi connectivity index (χ2n) is 5.45. The van der Waals surface area contributed by atoms with Gasteiger partial charge in [0.25, 0.3) is 0 Å². The Bertz CT molecular complexity index is 803. The van der Waals surface area contributed by atoms with Gasteiger partial charge >= 0.3 is 0 Å². The molecule has 2 aromatic heterocycles. The molecule has 0 radical (unpaired) electrons. The van der Waals surface area contributed by atoms with E-state index in [0.717, 1.165) is 30.4 Å². The molecule has 0 bridgehead atoms. The molecule has 0 amide bonds. The van der Waals surface area contributed by atoms with E-state index >= 15 is 0 Å². The summed E-state index contributed by atoms with van der Waals surface area (Å²) >= 11 is 0. The molecule has 4 rings (SSSR count). The molecule has 0 spiro atoms. The Hall–Kier alpha value is -2.95. The average molecular weight is 303 g/mol. The smallest absolute Gasteiger partial charge is 0.231 e. The van der Waals surface area contributed by atoms with Gasteiger partial charge < -0.3 is 10.2 Å². The number of nitrogens with one attached hydrogen (secondary N) is 1. The maximum Gasteiger partial charge on any atom is 0.231 e. The molecule has 0 aliphatic carbocycles. The molecule has 0 saturated heterocycles. The molecule has 5 nitrogen and oxygen atoms in total. The summed E-state index contributed by atoms with van der Waals surface area (Å²) in [5.41, 5.74) is 3.54. The highest BCUT2D eigenvalue weighted by Crippen LogP contribution is 2.32. The summed E-state index contributed by atoms with van der Waals surface area (Å²) in [5, 5.41) is 3.31. The number of hydrogen-bond donors (Lipinski definition) is 1. The maximum absolute atomic E-state index is 4.64. The van der Waals surface area contributed by atoms with E-state index in [-0.39, 0.29) is 0 Å². The third-order valence-corrected chi connectivity index (χ3v) is 3.95. The zero-order valence-electron chi connectivity index (χ0n) is 12.7. The molecule has 5 heteroatoms. The van der Waals surface area contributed by atoms with Gasteiger partial charge in [-0.1, -0.05) is 24.3 Å². The van der Waals surface area contributed by atoms with E-state index in [1.165, 1.54) is 11.3 Å². The molecule has 3 aromatic rings. The van der Waals surface area contributed by atoms with Gasteiger partial charge in [0, 0.05) is 24.6 Å². The zero-order valence-corrected chi connectivity index (χ0v) is 12.7. The molecule has 1 N–H and O–H groups in total. The molecule has 1 aliphatic rings. The van der Waals surface area contributed by atoms with Gasteiger partial charge in [0.1, 0.15) is 5.82 Å². The standard InChI is InChI=1S/C18H17N5/c1-2-7-16-14(5-1)9-12-23(16)18-20-11-8-17(22-18)21-13-15-6-3-4-10-19-15/h1-8,10-11H,9,12-13H2,(H,20,21,22). The van der Waals surface area contributed by atoms with Crippen molar-refractivity contribution in [3.8, 4) is 0 Å². The quantitative estimate of drug-likeness (QED) is 0.802. The van der Waals surface area contributed by atoms with E-state index < -0.39 is 0 Å². The number of aromatic nitrogens is 3. The monoisotopic (exact) mass is 303 g/mol. The van der Waals surface area contributed by atoms with Gasteiger partial charge in [0.15, 0.2) is 0 Å². The van der Waals surface area contributed by atoms with E-state index in [0.29, 0.717) is 6.54 Å². The summed E-state index contributed by atoms with van der Waals surface area (Å²) in [6.07, 6.45) is 4.62. The first kappa shape index (κ1) is 13.7. The Labute approximate surface area is 135 Å². The van der Waals surface area contributed by atoms with Crippen molar-refractivity contribution in [2.45, 2.75) is 13.0 Å². The van der Waals surface area contributed by atoms with Crippen molar-refractivity contribution in [3.63, 3.8) is 0 Å². The minimum Gasteiger partial charge on any atom is -0.364 e. The lowest BCUT2D eigenvalue weighted by atomic mass is 10.2. The van der Waals surface area contributed by atoms with E-state index in [1.807, 2.05) is 24.3 Å². The number of benzene rings is 1. The Morgan fingerprint density at radius 1 is 0.957 bits per heavy atom. The Balaban J connectivity index is 1.53. The van der Waals surface area contributed by atoms with Crippen molar-refractivity contribution in [2.75, 3.05) is 16.8 Å². The van der Waals surface area contributed by atoms with Crippen LogP contribution < -0.4 is 10.2 Å². The van der Waals surface area contributed by atoms with Gasteiger partial charge in [0.2, 0.25) is 5.95 Å². The number of anilines is 3. The van der Waals surface area contributed by atoms with Gasteiger partial charge in [-0.15, -0.1) is 0 Å². The summed E-state index contributed by atoms with van der Waals surface area (Å²) in [5.74, 6) is 1.55. The predicted octanol–water partition coefficient (Wildman–Crippen LogP) is 3.18. The number of rotatable bonds is 4. The lowest BCUT2D eigenvalue weighted by Gasteiger charge is -2.17. The van der Waals surface area contributed by atoms with Crippen LogP contribution in [0.25, 0.3) is 0 Å².